The van der Waals surface area contributed by atoms with Gasteiger partial charge in [0.2, 0.25) is 0 Å². The molecule has 0 aliphatic carbocycles. The van der Waals surface area contributed by atoms with Crippen LogP contribution in [-0.2, 0) is 13.0 Å². The maximum Gasteiger partial charge on any atom is 0.160 e. The van der Waals surface area contributed by atoms with Crippen LogP contribution in [0.3, 0.4) is 0 Å². The predicted molar refractivity (Wildman–Crippen MR) is 95.4 cm³/mol. The fourth-order valence-electron chi connectivity index (χ4n) is 2.34. The number of thiocarbonyl (C=S) groups is 1. The van der Waals surface area contributed by atoms with Crippen molar-refractivity contribution in [1.82, 2.24) is 14.9 Å². The summed E-state index contributed by atoms with van der Waals surface area (Å²) in [6.45, 7) is 3.85. The van der Waals surface area contributed by atoms with Gasteiger partial charge in [-0.15, -0.1) is 0 Å². The van der Waals surface area contributed by atoms with Gasteiger partial charge in [0.1, 0.15) is 0 Å². The molecule has 0 radical (unpaired) electrons. The number of hydrogen-bond donors (Lipinski definition) is 1. The van der Waals surface area contributed by atoms with Gasteiger partial charge in [-0.25, -0.2) is 4.98 Å². The lowest BCUT2D eigenvalue weighted by Gasteiger charge is -2.11. The molecule has 5 nitrogen and oxygen atoms in total. The Labute approximate surface area is 142 Å². The molecule has 0 unspecified atom stereocenters. The van der Waals surface area contributed by atoms with E-state index in [1.165, 1.54) is 5.69 Å². The molecule has 0 saturated carbocycles. The molecule has 0 aliphatic rings. The van der Waals surface area contributed by atoms with Crippen molar-refractivity contribution in [3.05, 3.63) is 42.0 Å². The van der Waals surface area contributed by atoms with Crippen molar-refractivity contribution in [2.45, 2.75) is 26.3 Å². The van der Waals surface area contributed by atoms with Crippen LogP contribution in [0.25, 0.3) is 0 Å². The molecule has 2 rings (SSSR count). The number of hydrogen-bond acceptors (Lipinski definition) is 4. The zero-order chi connectivity index (χ0) is 16.7. The number of aryl methyl sites for hydroxylation is 2. The SMILES string of the molecule is COc1ccc(CC(=S)NCCCn2cncc2C)cc1OC. The number of methoxy groups -OCH3 is 2. The molecule has 0 atom stereocenters. The fourth-order valence-corrected chi connectivity index (χ4v) is 2.61. The molecule has 0 saturated heterocycles. The van der Waals surface area contributed by atoms with Crippen molar-refractivity contribution in [2.24, 2.45) is 0 Å². The lowest BCUT2D eigenvalue weighted by molar-refractivity contribution is 0.354. The quantitative estimate of drug-likeness (QED) is 0.595. The fraction of sp³-hybridized carbons (Fsp3) is 0.412. The summed E-state index contributed by atoms with van der Waals surface area (Å²) < 4.78 is 12.7. The lowest BCUT2D eigenvalue weighted by atomic mass is 10.1. The Morgan fingerprint density at radius 3 is 2.70 bits per heavy atom. The number of rotatable bonds is 8. The Bertz CT molecular complexity index is 655. The van der Waals surface area contributed by atoms with Gasteiger partial charge in [0.15, 0.2) is 11.5 Å². The topological polar surface area (TPSA) is 48.3 Å². The summed E-state index contributed by atoms with van der Waals surface area (Å²) in [6, 6.07) is 5.87. The van der Waals surface area contributed by atoms with E-state index in [9.17, 15) is 0 Å². The van der Waals surface area contributed by atoms with Crippen molar-refractivity contribution in [1.29, 1.82) is 0 Å². The first-order chi connectivity index (χ1) is 11.1. The van der Waals surface area contributed by atoms with Crippen LogP contribution >= 0.6 is 12.2 Å². The molecule has 0 fully saturated rings. The van der Waals surface area contributed by atoms with E-state index in [0.29, 0.717) is 6.42 Å². The van der Waals surface area contributed by atoms with E-state index in [1.807, 2.05) is 30.7 Å². The molecule has 2 aromatic rings. The maximum absolute atomic E-state index is 5.41. The van der Waals surface area contributed by atoms with E-state index in [0.717, 1.165) is 41.6 Å². The van der Waals surface area contributed by atoms with Gasteiger partial charge in [-0.3, -0.25) is 0 Å². The van der Waals surface area contributed by atoms with Crippen molar-refractivity contribution < 1.29 is 9.47 Å². The predicted octanol–water partition coefficient (Wildman–Crippen LogP) is 2.76. The highest BCUT2D eigenvalue weighted by molar-refractivity contribution is 7.80. The Morgan fingerprint density at radius 1 is 1.26 bits per heavy atom. The second-order valence-electron chi connectivity index (χ2n) is 5.30. The van der Waals surface area contributed by atoms with Crippen LogP contribution in [0.5, 0.6) is 11.5 Å². The van der Waals surface area contributed by atoms with Crippen LogP contribution in [0, 0.1) is 6.92 Å². The van der Waals surface area contributed by atoms with Crippen LogP contribution in [0.2, 0.25) is 0 Å². The van der Waals surface area contributed by atoms with Crippen LogP contribution in [0.4, 0.5) is 0 Å². The zero-order valence-corrected chi connectivity index (χ0v) is 14.7. The highest BCUT2D eigenvalue weighted by Crippen LogP contribution is 2.27. The molecule has 124 valence electrons. The largest absolute Gasteiger partial charge is 0.493 e. The van der Waals surface area contributed by atoms with E-state index in [-0.39, 0.29) is 0 Å². The van der Waals surface area contributed by atoms with Crippen LogP contribution in [0.1, 0.15) is 17.7 Å². The molecule has 0 aliphatic heterocycles. The van der Waals surface area contributed by atoms with Gasteiger partial charge < -0.3 is 19.4 Å². The number of imidazole rings is 1. The third kappa shape index (κ3) is 4.96. The molecular weight excluding hydrogens is 310 g/mol. The summed E-state index contributed by atoms with van der Waals surface area (Å²) in [5.41, 5.74) is 2.28. The number of benzene rings is 1. The Morgan fingerprint density at radius 2 is 2.04 bits per heavy atom. The van der Waals surface area contributed by atoms with Gasteiger partial charge in [0.05, 0.1) is 25.5 Å². The minimum absolute atomic E-state index is 0.694. The summed E-state index contributed by atoms with van der Waals surface area (Å²) in [6.07, 6.45) is 5.43. The molecule has 0 amide bonds. The molecule has 1 aromatic carbocycles. The van der Waals surface area contributed by atoms with Gasteiger partial charge >= 0.3 is 0 Å². The third-order valence-electron chi connectivity index (χ3n) is 3.63. The van der Waals surface area contributed by atoms with Gasteiger partial charge in [-0.05, 0) is 31.0 Å². The summed E-state index contributed by atoms with van der Waals surface area (Å²) >= 11 is 5.41. The summed E-state index contributed by atoms with van der Waals surface area (Å²) in [5, 5.41) is 3.30. The normalized spacial score (nSPS) is 10.4. The molecule has 6 heteroatoms. The number of nitrogens with zero attached hydrogens (tertiary/aromatic N) is 2. The van der Waals surface area contributed by atoms with Crippen molar-refractivity contribution in [2.75, 3.05) is 20.8 Å². The monoisotopic (exact) mass is 333 g/mol. The van der Waals surface area contributed by atoms with Crippen molar-refractivity contribution in [3.63, 3.8) is 0 Å². The summed E-state index contributed by atoms with van der Waals surface area (Å²) in [7, 11) is 3.27. The van der Waals surface area contributed by atoms with E-state index in [1.54, 1.807) is 14.2 Å². The highest BCUT2D eigenvalue weighted by atomic mass is 32.1. The molecule has 1 heterocycles. The molecular formula is C17H23N3O2S. The third-order valence-corrected chi connectivity index (χ3v) is 3.92. The first-order valence-corrected chi connectivity index (χ1v) is 7.99. The van der Waals surface area contributed by atoms with Gasteiger partial charge in [0, 0.05) is 31.4 Å². The summed E-state index contributed by atoms with van der Waals surface area (Å²) in [4.78, 5) is 4.95. The standard InChI is InChI=1S/C17H23N3O2S/c1-13-11-18-12-20(13)8-4-7-19-17(23)10-14-5-6-15(21-2)16(9-14)22-3/h5-6,9,11-12H,4,7-8,10H2,1-3H3,(H,19,23). The first-order valence-electron chi connectivity index (χ1n) is 7.58. The molecule has 0 spiro atoms. The second-order valence-corrected chi connectivity index (χ2v) is 5.79. The molecule has 23 heavy (non-hydrogen) atoms. The van der Waals surface area contributed by atoms with Crippen molar-refractivity contribution in [3.8, 4) is 11.5 Å². The van der Waals surface area contributed by atoms with E-state index < -0.39 is 0 Å². The average molecular weight is 333 g/mol. The lowest BCUT2D eigenvalue weighted by Crippen LogP contribution is -2.25. The maximum atomic E-state index is 5.41. The minimum atomic E-state index is 0.694. The Balaban J connectivity index is 1.77. The van der Waals surface area contributed by atoms with Gasteiger partial charge in [-0.2, -0.15) is 0 Å². The van der Waals surface area contributed by atoms with E-state index >= 15 is 0 Å². The minimum Gasteiger partial charge on any atom is -0.493 e. The van der Waals surface area contributed by atoms with Crippen LogP contribution in [0.15, 0.2) is 30.7 Å². The Kier molecular flexibility index (Phi) is 6.40. The molecule has 1 aromatic heterocycles. The number of ether oxygens (including phenoxy) is 2. The van der Waals surface area contributed by atoms with Crippen LogP contribution < -0.4 is 14.8 Å². The molecule has 0 bridgehead atoms. The average Bonchev–Trinajstić information content (AvgIpc) is 2.96. The highest BCUT2D eigenvalue weighted by Gasteiger charge is 2.06. The number of aromatic nitrogens is 2. The van der Waals surface area contributed by atoms with E-state index in [2.05, 4.69) is 21.8 Å². The molecule has 1 N–H and O–H groups in total. The van der Waals surface area contributed by atoms with E-state index in [4.69, 9.17) is 21.7 Å². The Hall–Kier alpha value is -2.08. The number of nitrogens with one attached hydrogen (secondary N) is 1. The van der Waals surface area contributed by atoms with Crippen molar-refractivity contribution >= 4 is 17.2 Å². The zero-order valence-electron chi connectivity index (χ0n) is 13.8. The van der Waals surface area contributed by atoms with Gasteiger partial charge in [0.25, 0.3) is 0 Å². The first kappa shape index (κ1) is 17.3. The summed E-state index contributed by atoms with van der Waals surface area (Å²) in [5.74, 6) is 1.45. The smallest absolute Gasteiger partial charge is 0.160 e. The second kappa shape index (κ2) is 8.53. The van der Waals surface area contributed by atoms with Gasteiger partial charge in [-0.1, -0.05) is 18.3 Å². The van der Waals surface area contributed by atoms with Crippen LogP contribution in [-0.4, -0.2) is 35.3 Å².